The van der Waals surface area contributed by atoms with Crippen molar-refractivity contribution in [1.82, 2.24) is 14.9 Å². The summed E-state index contributed by atoms with van der Waals surface area (Å²) in [6, 6.07) is 20.2. The van der Waals surface area contributed by atoms with Crippen LogP contribution in [0.25, 0.3) is 0 Å². The molecule has 1 aliphatic heterocycles. The number of furan rings is 1. The zero-order valence-electron chi connectivity index (χ0n) is 19.6. The van der Waals surface area contributed by atoms with Crippen molar-refractivity contribution in [1.29, 1.82) is 0 Å². The summed E-state index contributed by atoms with van der Waals surface area (Å²) in [7, 11) is 0. The normalized spacial score (nSPS) is 17.7. The molecular weight excluding hydrogens is 444 g/mol. The van der Waals surface area contributed by atoms with Crippen LogP contribution in [0, 0.1) is 13.8 Å². The number of anilines is 1. The third-order valence-electron chi connectivity index (χ3n) is 6.35. The Balaban J connectivity index is 1.59. The highest BCUT2D eigenvalue weighted by Gasteiger charge is 2.42. The number of ether oxygens (including phenoxy) is 1. The van der Waals surface area contributed by atoms with Crippen LogP contribution in [0.5, 0.6) is 5.75 Å². The molecule has 34 heavy (non-hydrogen) atoms. The molecular formula is C27H28N4O2S. The van der Waals surface area contributed by atoms with Gasteiger partial charge in [-0.05, 0) is 93.1 Å². The summed E-state index contributed by atoms with van der Waals surface area (Å²) in [5.41, 5.74) is 5.54. The van der Waals surface area contributed by atoms with Gasteiger partial charge in [-0.1, -0.05) is 6.07 Å². The van der Waals surface area contributed by atoms with Crippen molar-refractivity contribution in [3.63, 3.8) is 0 Å². The lowest BCUT2D eigenvalue weighted by Gasteiger charge is -2.28. The molecule has 5 rings (SSSR count). The summed E-state index contributed by atoms with van der Waals surface area (Å²) in [6.07, 6.45) is 3.55. The standard InChI is InChI=1S/C27H28N4O2S/c1-4-32-21-12-10-20(11-13-21)31-26(25(29-27(31)34)24-9-5-6-14-28-24)23-16-18(2)30(19(23)3)17-22-8-7-15-33-22/h5-16,25-26H,4,17H2,1-3H3,(H,29,34)/t25-,26-/m0/s1. The molecule has 1 aliphatic rings. The van der Waals surface area contributed by atoms with Crippen LogP contribution in [0.2, 0.25) is 0 Å². The lowest BCUT2D eigenvalue weighted by Crippen LogP contribution is -2.29. The average molecular weight is 473 g/mol. The Morgan fingerprint density at radius 1 is 1.09 bits per heavy atom. The molecule has 2 atom stereocenters. The molecule has 1 saturated heterocycles. The topological polar surface area (TPSA) is 55.5 Å². The van der Waals surface area contributed by atoms with Gasteiger partial charge in [0.05, 0.1) is 37.2 Å². The third kappa shape index (κ3) is 4.07. The van der Waals surface area contributed by atoms with Gasteiger partial charge < -0.3 is 23.9 Å². The minimum atomic E-state index is -0.0853. The fourth-order valence-electron chi connectivity index (χ4n) is 4.75. The minimum Gasteiger partial charge on any atom is -0.494 e. The van der Waals surface area contributed by atoms with Crippen LogP contribution < -0.4 is 15.0 Å². The van der Waals surface area contributed by atoms with Gasteiger partial charge in [-0.15, -0.1) is 0 Å². The first-order valence-electron chi connectivity index (χ1n) is 11.5. The predicted molar refractivity (Wildman–Crippen MR) is 137 cm³/mol. The number of aryl methyl sites for hydroxylation is 1. The second-order valence-electron chi connectivity index (χ2n) is 8.42. The highest BCUT2D eigenvalue weighted by molar-refractivity contribution is 7.80. The maximum Gasteiger partial charge on any atom is 0.174 e. The quantitative estimate of drug-likeness (QED) is 0.347. The van der Waals surface area contributed by atoms with E-state index in [0.717, 1.165) is 22.9 Å². The second kappa shape index (κ2) is 9.35. The molecule has 0 spiro atoms. The maximum absolute atomic E-state index is 5.87. The summed E-state index contributed by atoms with van der Waals surface area (Å²) in [6.45, 7) is 7.61. The Morgan fingerprint density at radius 2 is 1.91 bits per heavy atom. The summed E-state index contributed by atoms with van der Waals surface area (Å²) >= 11 is 5.87. The van der Waals surface area contributed by atoms with E-state index in [9.17, 15) is 0 Å². The van der Waals surface area contributed by atoms with Crippen molar-refractivity contribution < 1.29 is 9.15 Å². The van der Waals surface area contributed by atoms with Crippen LogP contribution in [0.15, 0.2) is 77.5 Å². The molecule has 6 nitrogen and oxygen atoms in total. The van der Waals surface area contributed by atoms with Gasteiger partial charge in [-0.25, -0.2) is 0 Å². The Hall–Kier alpha value is -3.58. The molecule has 0 aliphatic carbocycles. The first-order chi connectivity index (χ1) is 16.6. The number of pyridine rings is 1. The van der Waals surface area contributed by atoms with Gasteiger partial charge in [0.1, 0.15) is 11.5 Å². The number of rotatable bonds is 7. The van der Waals surface area contributed by atoms with Crippen LogP contribution in [0.4, 0.5) is 5.69 Å². The molecule has 0 saturated carbocycles. The molecule has 1 aromatic carbocycles. The number of nitrogens with one attached hydrogen (secondary N) is 1. The van der Waals surface area contributed by atoms with Crippen molar-refractivity contribution in [3.05, 3.63) is 102 Å². The fourth-order valence-corrected chi connectivity index (χ4v) is 5.09. The van der Waals surface area contributed by atoms with Gasteiger partial charge in [0.25, 0.3) is 0 Å². The number of hydrogen-bond donors (Lipinski definition) is 1. The van der Waals surface area contributed by atoms with Crippen LogP contribution >= 0.6 is 12.2 Å². The highest BCUT2D eigenvalue weighted by Crippen LogP contribution is 2.43. The zero-order valence-corrected chi connectivity index (χ0v) is 20.4. The first-order valence-corrected chi connectivity index (χ1v) is 11.9. The number of benzene rings is 1. The number of thiocarbonyl (C=S) groups is 1. The Kier molecular flexibility index (Phi) is 6.11. The molecule has 1 N–H and O–H groups in total. The SMILES string of the molecule is CCOc1ccc(N2C(=S)N[C@@H](c3ccccn3)[C@@H]2c2cc(C)n(Cc3ccco3)c2C)cc1. The second-order valence-corrected chi connectivity index (χ2v) is 8.80. The number of aromatic nitrogens is 2. The highest BCUT2D eigenvalue weighted by atomic mass is 32.1. The van der Waals surface area contributed by atoms with E-state index < -0.39 is 0 Å². The lowest BCUT2D eigenvalue weighted by molar-refractivity contribution is 0.340. The summed E-state index contributed by atoms with van der Waals surface area (Å²) in [5, 5.41) is 4.23. The monoisotopic (exact) mass is 472 g/mol. The van der Waals surface area contributed by atoms with Crippen molar-refractivity contribution in [2.24, 2.45) is 0 Å². The molecule has 7 heteroatoms. The van der Waals surface area contributed by atoms with Gasteiger partial charge in [0, 0.05) is 23.3 Å². The van der Waals surface area contributed by atoms with Gasteiger partial charge in [0.15, 0.2) is 5.11 Å². The van der Waals surface area contributed by atoms with Crippen molar-refractivity contribution in [2.75, 3.05) is 11.5 Å². The maximum atomic E-state index is 5.87. The molecule has 0 bridgehead atoms. The van der Waals surface area contributed by atoms with Crippen molar-refractivity contribution in [3.8, 4) is 5.75 Å². The zero-order chi connectivity index (χ0) is 23.7. The molecule has 174 valence electrons. The van der Waals surface area contributed by atoms with E-state index in [1.54, 1.807) is 6.26 Å². The van der Waals surface area contributed by atoms with Gasteiger partial charge >= 0.3 is 0 Å². The van der Waals surface area contributed by atoms with Crippen LogP contribution in [0.1, 0.15) is 47.4 Å². The average Bonchev–Trinajstić information content (AvgIpc) is 3.55. The molecule has 0 unspecified atom stereocenters. The molecule has 4 heterocycles. The van der Waals surface area contributed by atoms with Gasteiger partial charge in [-0.3, -0.25) is 4.98 Å². The van der Waals surface area contributed by atoms with Gasteiger partial charge in [0.2, 0.25) is 0 Å². The predicted octanol–water partition coefficient (Wildman–Crippen LogP) is 5.72. The summed E-state index contributed by atoms with van der Waals surface area (Å²) in [5.74, 6) is 1.77. The van der Waals surface area contributed by atoms with Crippen molar-refractivity contribution in [2.45, 2.75) is 39.4 Å². The molecule has 4 aromatic rings. The van der Waals surface area contributed by atoms with E-state index in [0.29, 0.717) is 18.3 Å². The van der Waals surface area contributed by atoms with E-state index in [-0.39, 0.29) is 12.1 Å². The number of nitrogens with zero attached hydrogens (tertiary/aromatic N) is 3. The molecule has 0 amide bonds. The van der Waals surface area contributed by atoms with E-state index in [2.05, 4.69) is 57.9 Å². The van der Waals surface area contributed by atoms with Crippen LogP contribution in [-0.4, -0.2) is 21.3 Å². The Bertz CT molecular complexity index is 1270. The molecule has 3 aromatic heterocycles. The molecule has 0 radical (unpaired) electrons. The van der Waals surface area contributed by atoms with Crippen LogP contribution in [-0.2, 0) is 6.54 Å². The first kappa shape index (κ1) is 22.2. The van der Waals surface area contributed by atoms with Crippen molar-refractivity contribution >= 4 is 23.0 Å². The van der Waals surface area contributed by atoms with E-state index in [1.165, 1.54) is 17.0 Å². The third-order valence-corrected chi connectivity index (χ3v) is 6.66. The minimum absolute atomic E-state index is 0.0584. The van der Waals surface area contributed by atoms with Crippen LogP contribution in [0.3, 0.4) is 0 Å². The smallest absolute Gasteiger partial charge is 0.174 e. The largest absolute Gasteiger partial charge is 0.494 e. The van der Waals surface area contributed by atoms with E-state index >= 15 is 0 Å². The summed E-state index contributed by atoms with van der Waals surface area (Å²) < 4.78 is 13.6. The van der Waals surface area contributed by atoms with E-state index in [4.69, 9.17) is 21.4 Å². The summed E-state index contributed by atoms with van der Waals surface area (Å²) in [4.78, 5) is 6.86. The number of hydrogen-bond acceptors (Lipinski definition) is 4. The Morgan fingerprint density at radius 3 is 2.59 bits per heavy atom. The van der Waals surface area contributed by atoms with Gasteiger partial charge in [-0.2, -0.15) is 0 Å². The molecule has 1 fully saturated rings. The fraction of sp³-hybridized carbons (Fsp3) is 0.259. The lowest BCUT2D eigenvalue weighted by atomic mass is 9.96. The van der Waals surface area contributed by atoms with E-state index in [1.807, 2.05) is 49.5 Å². The Labute approximate surface area is 205 Å².